The predicted octanol–water partition coefficient (Wildman–Crippen LogP) is 4.00. The molecule has 0 spiro atoms. The van der Waals surface area contributed by atoms with Crippen LogP contribution in [0.1, 0.15) is 0 Å². The average Bonchev–Trinajstić information content (AvgIpc) is 2.38. The molecule has 0 aliphatic heterocycles. The summed E-state index contributed by atoms with van der Waals surface area (Å²) in [5.74, 6) is 0.483. The molecule has 5 heteroatoms. The van der Waals surface area contributed by atoms with E-state index in [0.717, 1.165) is 5.39 Å². The van der Waals surface area contributed by atoms with Gasteiger partial charge in [0.1, 0.15) is 0 Å². The molecule has 0 atom stereocenters. The Labute approximate surface area is 113 Å². The van der Waals surface area contributed by atoms with Crippen molar-refractivity contribution in [3.8, 4) is 11.4 Å². The predicted molar refractivity (Wildman–Crippen MR) is 72.8 cm³/mol. The number of aromatic nitrogens is 3. The van der Waals surface area contributed by atoms with Crippen LogP contribution in [0.25, 0.3) is 22.4 Å². The normalized spacial score (nSPS) is 10.8. The fourth-order valence-electron chi connectivity index (χ4n) is 1.70. The molecule has 3 nitrogen and oxygen atoms in total. The molecule has 0 aliphatic rings. The van der Waals surface area contributed by atoms with Crippen molar-refractivity contribution in [2.45, 2.75) is 0 Å². The van der Waals surface area contributed by atoms with E-state index in [-0.39, 0.29) is 0 Å². The number of hydrogen-bond acceptors (Lipinski definition) is 3. The van der Waals surface area contributed by atoms with Gasteiger partial charge in [0.15, 0.2) is 11.5 Å². The average molecular weight is 276 g/mol. The summed E-state index contributed by atoms with van der Waals surface area (Å²) in [5, 5.41) is 1.93. The summed E-state index contributed by atoms with van der Waals surface area (Å²) >= 11 is 12.3. The molecular weight excluding hydrogens is 269 g/mol. The lowest BCUT2D eigenvalue weighted by Gasteiger charge is -2.05. The molecule has 3 rings (SSSR count). The van der Waals surface area contributed by atoms with Crippen molar-refractivity contribution in [2.24, 2.45) is 0 Å². The molecular formula is C13H7Cl2N3. The highest BCUT2D eigenvalue weighted by Gasteiger charge is 2.11. The minimum absolute atomic E-state index is 0.483. The second kappa shape index (κ2) is 4.52. The van der Waals surface area contributed by atoms with E-state index in [1.165, 1.54) is 0 Å². The van der Waals surface area contributed by atoms with Gasteiger partial charge in [0.2, 0.25) is 0 Å². The lowest BCUT2D eigenvalue weighted by Crippen LogP contribution is -1.93. The van der Waals surface area contributed by atoms with E-state index < -0.39 is 0 Å². The molecule has 18 heavy (non-hydrogen) atoms. The van der Waals surface area contributed by atoms with Crippen molar-refractivity contribution in [3.63, 3.8) is 0 Å². The Bertz CT molecular complexity index is 708. The molecule has 2 aromatic heterocycles. The van der Waals surface area contributed by atoms with E-state index in [1.807, 2.05) is 12.1 Å². The molecule has 88 valence electrons. The van der Waals surface area contributed by atoms with Gasteiger partial charge in [-0.05, 0) is 24.3 Å². The summed E-state index contributed by atoms with van der Waals surface area (Å²) in [7, 11) is 0. The van der Waals surface area contributed by atoms with E-state index >= 15 is 0 Å². The van der Waals surface area contributed by atoms with E-state index in [2.05, 4.69) is 15.0 Å². The van der Waals surface area contributed by atoms with Crippen molar-refractivity contribution in [3.05, 3.63) is 52.8 Å². The van der Waals surface area contributed by atoms with Gasteiger partial charge in [0.25, 0.3) is 0 Å². The molecule has 1 aromatic carbocycles. The minimum Gasteiger partial charge on any atom is -0.237 e. The van der Waals surface area contributed by atoms with E-state index in [9.17, 15) is 0 Å². The number of fused-ring (bicyclic) bond motifs is 1. The van der Waals surface area contributed by atoms with Crippen LogP contribution in [0.5, 0.6) is 0 Å². The van der Waals surface area contributed by atoms with Crippen LogP contribution in [0.3, 0.4) is 0 Å². The maximum absolute atomic E-state index is 6.13. The zero-order valence-electron chi connectivity index (χ0n) is 9.14. The number of benzene rings is 1. The van der Waals surface area contributed by atoms with Gasteiger partial charge in [-0.25, -0.2) is 15.0 Å². The molecule has 0 radical (unpaired) electrons. The summed E-state index contributed by atoms with van der Waals surface area (Å²) < 4.78 is 0. The highest BCUT2D eigenvalue weighted by molar-refractivity contribution is 6.39. The number of halogens is 2. The first kappa shape index (κ1) is 11.4. The number of hydrogen-bond donors (Lipinski definition) is 0. The van der Waals surface area contributed by atoms with Crippen LogP contribution in [-0.2, 0) is 0 Å². The Balaban J connectivity index is 2.26. The molecule has 0 N–H and O–H groups in total. The summed E-state index contributed by atoms with van der Waals surface area (Å²) in [6, 6.07) is 9.05. The molecule has 0 saturated carbocycles. The van der Waals surface area contributed by atoms with Crippen LogP contribution < -0.4 is 0 Å². The van der Waals surface area contributed by atoms with Gasteiger partial charge in [0, 0.05) is 17.8 Å². The lowest BCUT2D eigenvalue weighted by atomic mass is 10.2. The molecule has 3 aromatic rings. The second-order valence-corrected chi connectivity index (χ2v) is 4.52. The largest absolute Gasteiger partial charge is 0.237 e. The first-order valence-electron chi connectivity index (χ1n) is 5.28. The van der Waals surface area contributed by atoms with Crippen molar-refractivity contribution in [2.75, 3.05) is 0 Å². The molecule has 0 fully saturated rings. The van der Waals surface area contributed by atoms with Gasteiger partial charge < -0.3 is 0 Å². The van der Waals surface area contributed by atoms with Crippen molar-refractivity contribution in [1.29, 1.82) is 0 Å². The summed E-state index contributed by atoms with van der Waals surface area (Å²) in [5.41, 5.74) is 1.26. The smallest absolute Gasteiger partial charge is 0.164 e. The Morgan fingerprint density at radius 3 is 2.44 bits per heavy atom. The Morgan fingerprint density at radius 1 is 0.889 bits per heavy atom. The zero-order chi connectivity index (χ0) is 12.5. The van der Waals surface area contributed by atoms with Crippen LogP contribution in [0.2, 0.25) is 10.0 Å². The second-order valence-electron chi connectivity index (χ2n) is 3.71. The SMILES string of the molecule is Clc1cccc(Cl)c1-c1ncc2cccnc2n1. The summed E-state index contributed by atoms with van der Waals surface area (Å²) in [6.07, 6.45) is 3.40. The molecule has 0 aliphatic carbocycles. The molecule has 0 saturated heterocycles. The fraction of sp³-hybridized carbons (Fsp3) is 0. The molecule has 2 heterocycles. The Kier molecular flexibility index (Phi) is 2.86. The molecule has 0 unspecified atom stereocenters. The maximum Gasteiger partial charge on any atom is 0.164 e. The topological polar surface area (TPSA) is 38.7 Å². The summed E-state index contributed by atoms with van der Waals surface area (Å²) in [4.78, 5) is 12.8. The third kappa shape index (κ3) is 1.92. The number of rotatable bonds is 1. The van der Waals surface area contributed by atoms with Crippen LogP contribution in [-0.4, -0.2) is 15.0 Å². The van der Waals surface area contributed by atoms with Crippen molar-refractivity contribution >= 4 is 34.2 Å². The fourth-order valence-corrected chi connectivity index (χ4v) is 2.26. The Hall–Kier alpha value is -1.71. The number of pyridine rings is 1. The van der Waals surface area contributed by atoms with Crippen LogP contribution in [0.15, 0.2) is 42.7 Å². The van der Waals surface area contributed by atoms with Gasteiger partial charge >= 0.3 is 0 Å². The molecule has 0 amide bonds. The van der Waals surface area contributed by atoms with E-state index in [1.54, 1.807) is 30.6 Å². The van der Waals surface area contributed by atoms with Crippen molar-refractivity contribution in [1.82, 2.24) is 15.0 Å². The standard InChI is InChI=1S/C13H7Cl2N3/c14-9-4-1-5-10(15)11(9)13-17-7-8-3-2-6-16-12(8)18-13/h1-7H. The highest BCUT2D eigenvalue weighted by Crippen LogP contribution is 2.32. The third-order valence-electron chi connectivity index (χ3n) is 2.54. The third-order valence-corrected chi connectivity index (χ3v) is 3.17. The zero-order valence-corrected chi connectivity index (χ0v) is 10.7. The quantitative estimate of drug-likeness (QED) is 0.674. The summed E-state index contributed by atoms with van der Waals surface area (Å²) in [6.45, 7) is 0. The van der Waals surface area contributed by atoms with Crippen LogP contribution in [0, 0.1) is 0 Å². The van der Waals surface area contributed by atoms with Crippen molar-refractivity contribution < 1.29 is 0 Å². The number of nitrogens with zero attached hydrogens (tertiary/aromatic N) is 3. The highest BCUT2D eigenvalue weighted by atomic mass is 35.5. The van der Waals surface area contributed by atoms with E-state index in [4.69, 9.17) is 23.2 Å². The first-order valence-corrected chi connectivity index (χ1v) is 6.03. The van der Waals surface area contributed by atoms with Gasteiger partial charge in [-0.15, -0.1) is 0 Å². The lowest BCUT2D eigenvalue weighted by molar-refractivity contribution is 1.19. The van der Waals surface area contributed by atoms with Gasteiger partial charge in [-0.3, -0.25) is 0 Å². The Morgan fingerprint density at radius 2 is 1.67 bits per heavy atom. The monoisotopic (exact) mass is 275 g/mol. The van der Waals surface area contributed by atoms with Gasteiger partial charge in [0.05, 0.1) is 15.6 Å². The van der Waals surface area contributed by atoms with Crippen LogP contribution in [0.4, 0.5) is 0 Å². The minimum atomic E-state index is 0.483. The van der Waals surface area contributed by atoms with Gasteiger partial charge in [-0.2, -0.15) is 0 Å². The maximum atomic E-state index is 6.13. The van der Waals surface area contributed by atoms with Gasteiger partial charge in [-0.1, -0.05) is 29.3 Å². The van der Waals surface area contributed by atoms with Crippen LogP contribution >= 0.6 is 23.2 Å². The first-order chi connectivity index (χ1) is 8.75. The molecule has 0 bridgehead atoms. The van der Waals surface area contributed by atoms with E-state index in [0.29, 0.717) is 27.1 Å².